The highest BCUT2D eigenvalue weighted by molar-refractivity contribution is 6.07. The van der Waals surface area contributed by atoms with Gasteiger partial charge in [-0.2, -0.15) is 0 Å². The molecule has 0 radical (unpaired) electrons. The summed E-state index contributed by atoms with van der Waals surface area (Å²) < 4.78 is 13.5. The second kappa shape index (κ2) is 5.38. The van der Waals surface area contributed by atoms with Crippen LogP contribution in [0.5, 0.6) is 0 Å². The molecule has 1 saturated heterocycles. The van der Waals surface area contributed by atoms with Crippen LogP contribution >= 0.6 is 0 Å². The molecular formula is C14H17FN2O2. The molecule has 2 rings (SSSR count). The van der Waals surface area contributed by atoms with E-state index < -0.39 is 17.6 Å². The predicted molar refractivity (Wildman–Crippen MR) is 69.9 cm³/mol. The van der Waals surface area contributed by atoms with Crippen LogP contribution in [0.4, 0.5) is 10.1 Å². The number of halogens is 1. The van der Waals surface area contributed by atoms with E-state index in [0.29, 0.717) is 6.54 Å². The highest BCUT2D eigenvalue weighted by Crippen LogP contribution is 2.28. The highest BCUT2D eigenvalue weighted by Gasteiger charge is 2.42. The quantitative estimate of drug-likeness (QED) is 0.847. The number of amides is 2. The van der Waals surface area contributed by atoms with Gasteiger partial charge in [-0.3, -0.25) is 9.59 Å². The second-order valence-corrected chi connectivity index (χ2v) is 4.83. The molecule has 1 aromatic rings. The molecule has 1 heterocycles. The van der Waals surface area contributed by atoms with Crippen LogP contribution in [-0.2, 0) is 9.59 Å². The Hall–Kier alpha value is -1.91. The molecule has 1 aliphatic heterocycles. The van der Waals surface area contributed by atoms with Crippen molar-refractivity contribution in [1.82, 2.24) is 4.90 Å². The van der Waals surface area contributed by atoms with Crippen molar-refractivity contribution in [3.63, 3.8) is 0 Å². The Morgan fingerprint density at radius 1 is 1.47 bits per heavy atom. The van der Waals surface area contributed by atoms with Gasteiger partial charge in [0.05, 0.1) is 5.69 Å². The number of para-hydroxylation sites is 1. The van der Waals surface area contributed by atoms with Gasteiger partial charge in [-0.1, -0.05) is 25.5 Å². The first-order valence-electron chi connectivity index (χ1n) is 6.35. The molecule has 1 fully saturated rings. The lowest BCUT2D eigenvalue weighted by Crippen LogP contribution is -2.33. The lowest BCUT2D eigenvalue weighted by atomic mass is 9.92. The Morgan fingerprint density at radius 3 is 2.79 bits per heavy atom. The molecule has 2 amide bonds. The minimum absolute atomic E-state index is 0.00993. The lowest BCUT2D eigenvalue weighted by Gasteiger charge is -2.15. The highest BCUT2D eigenvalue weighted by atomic mass is 19.1. The van der Waals surface area contributed by atoms with Crippen molar-refractivity contribution >= 4 is 17.5 Å². The number of carbonyl (C=O) groups excluding carboxylic acids is 2. The SMILES string of the molecule is CCC1CN(C)C(=O)C1C(=O)Nc1ccccc1F. The summed E-state index contributed by atoms with van der Waals surface area (Å²) in [4.78, 5) is 25.7. The van der Waals surface area contributed by atoms with Gasteiger partial charge in [0.1, 0.15) is 11.7 Å². The third kappa shape index (κ3) is 2.59. The molecule has 1 aromatic carbocycles. The topological polar surface area (TPSA) is 49.4 Å². The van der Waals surface area contributed by atoms with Crippen molar-refractivity contribution in [2.24, 2.45) is 11.8 Å². The predicted octanol–water partition coefficient (Wildman–Crippen LogP) is 1.88. The molecule has 19 heavy (non-hydrogen) atoms. The van der Waals surface area contributed by atoms with Gasteiger partial charge >= 0.3 is 0 Å². The summed E-state index contributed by atoms with van der Waals surface area (Å²) in [6.45, 7) is 2.52. The molecular weight excluding hydrogens is 247 g/mol. The van der Waals surface area contributed by atoms with E-state index in [1.165, 1.54) is 12.1 Å². The third-order valence-electron chi connectivity index (χ3n) is 3.56. The maximum atomic E-state index is 13.5. The molecule has 4 nitrogen and oxygen atoms in total. The van der Waals surface area contributed by atoms with E-state index in [1.807, 2.05) is 6.92 Å². The van der Waals surface area contributed by atoms with Gasteiger partial charge in [0.25, 0.3) is 0 Å². The molecule has 0 bridgehead atoms. The van der Waals surface area contributed by atoms with Crippen LogP contribution in [0, 0.1) is 17.7 Å². The molecule has 0 saturated carbocycles. The maximum absolute atomic E-state index is 13.5. The smallest absolute Gasteiger partial charge is 0.237 e. The van der Waals surface area contributed by atoms with Crippen LogP contribution in [0.2, 0.25) is 0 Å². The molecule has 2 unspecified atom stereocenters. The number of hydrogen-bond acceptors (Lipinski definition) is 2. The number of benzene rings is 1. The van der Waals surface area contributed by atoms with E-state index in [9.17, 15) is 14.0 Å². The zero-order valence-electron chi connectivity index (χ0n) is 11.0. The van der Waals surface area contributed by atoms with Gasteiger partial charge in [-0.15, -0.1) is 0 Å². The van der Waals surface area contributed by atoms with Gasteiger partial charge in [0.15, 0.2) is 0 Å². The summed E-state index contributed by atoms with van der Waals surface area (Å²) in [6.07, 6.45) is 0.742. The number of nitrogens with zero attached hydrogens (tertiary/aromatic N) is 1. The van der Waals surface area contributed by atoms with Crippen LogP contribution < -0.4 is 5.32 Å². The Bertz CT molecular complexity index is 504. The third-order valence-corrected chi connectivity index (χ3v) is 3.56. The van der Waals surface area contributed by atoms with Gasteiger partial charge in [-0.05, 0) is 18.1 Å². The Kier molecular flexibility index (Phi) is 3.83. The van der Waals surface area contributed by atoms with E-state index in [-0.39, 0.29) is 17.5 Å². The first-order valence-corrected chi connectivity index (χ1v) is 6.35. The van der Waals surface area contributed by atoms with Crippen molar-refractivity contribution in [3.8, 4) is 0 Å². The van der Waals surface area contributed by atoms with E-state index >= 15 is 0 Å². The van der Waals surface area contributed by atoms with Crippen LogP contribution in [0.3, 0.4) is 0 Å². The van der Waals surface area contributed by atoms with E-state index in [2.05, 4.69) is 5.32 Å². The molecule has 0 spiro atoms. The Morgan fingerprint density at radius 2 is 2.16 bits per heavy atom. The summed E-state index contributed by atoms with van der Waals surface area (Å²) in [7, 11) is 1.68. The van der Waals surface area contributed by atoms with Crippen LogP contribution in [0.25, 0.3) is 0 Å². The average Bonchev–Trinajstić information content (AvgIpc) is 2.68. The number of likely N-dealkylation sites (tertiary alicyclic amines) is 1. The summed E-state index contributed by atoms with van der Waals surface area (Å²) >= 11 is 0. The molecule has 0 aliphatic carbocycles. The van der Waals surface area contributed by atoms with Crippen molar-refractivity contribution in [3.05, 3.63) is 30.1 Å². The summed E-state index contributed by atoms with van der Waals surface area (Å²) in [5.74, 6) is -1.84. The fourth-order valence-corrected chi connectivity index (χ4v) is 2.45. The Labute approximate surface area is 111 Å². The summed E-state index contributed by atoms with van der Waals surface area (Å²) in [6, 6.07) is 5.94. The number of rotatable bonds is 3. The molecule has 1 N–H and O–H groups in total. The standard InChI is InChI=1S/C14H17FN2O2/c1-3-9-8-17(2)14(19)12(9)13(18)16-11-7-5-4-6-10(11)15/h4-7,9,12H,3,8H2,1-2H3,(H,16,18). The Balaban J connectivity index is 2.16. The number of carbonyl (C=O) groups is 2. The normalized spacial score (nSPS) is 22.7. The molecule has 1 aliphatic rings. The minimum atomic E-state index is -0.713. The fraction of sp³-hybridized carbons (Fsp3) is 0.429. The molecule has 2 atom stereocenters. The van der Waals surface area contributed by atoms with Crippen LogP contribution in [0.15, 0.2) is 24.3 Å². The van der Waals surface area contributed by atoms with E-state index in [1.54, 1.807) is 24.1 Å². The zero-order valence-corrected chi connectivity index (χ0v) is 11.0. The lowest BCUT2D eigenvalue weighted by molar-refractivity contribution is -0.135. The van der Waals surface area contributed by atoms with Gasteiger partial charge in [-0.25, -0.2) is 4.39 Å². The van der Waals surface area contributed by atoms with Gasteiger partial charge in [0, 0.05) is 13.6 Å². The van der Waals surface area contributed by atoms with Crippen molar-refractivity contribution in [1.29, 1.82) is 0 Å². The summed E-state index contributed by atoms with van der Waals surface area (Å²) in [5.41, 5.74) is 0.115. The maximum Gasteiger partial charge on any atom is 0.237 e. The molecule has 0 aromatic heterocycles. The second-order valence-electron chi connectivity index (χ2n) is 4.83. The van der Waals surface area contributed by atoms with Crippen molar-refractivity contribution in [2.75, 3.05) is 18.9 Å². The van der Waals surface area contributed by atoms with Gasteiger partial charge in [0.2, 0.25) is 11.8 Å². The van der Waals surface area contributed by atoms with Gasteiger partial charge < -0.3 is 10.2 Å². The van der Waals surface area contributed by atoms with Crippen LogP contribution in [-0.4, -0.2) is 30.3 Å². The molecule has 102 valence electrons. The number of nitrogens with one attached hydrogen (secondary N) is 1. The van der Waals surface area contributed by atoms with Crippen molar-refractivity contribution in [2.45, 2.75) is 13.3 Å². The first kappa shape index (κ1) is 13.5. The largest absolute Gasteiger partial charge is 0.345 e. The molecule has 5 heteroatoms. The number of anilines is 1. The summed E-state index contributed by atoms with van der Waals surface area (Å²) in [5, 5.41) is 2.51. The monoisotopic (exact) mass is 264 g/mol. The van der Waals surface area contributed by atoms with Crippen molar-refractivity contribution < 1.29 is 14.0 Å². The van der Waals surface area contributed by atoms with Crippen LogP contribution in [0.1, 0.15) is 13.3 Å². The van der Waals surface area contributed by atoms with E-state index in [0.717, 1.165) is 6.42 Å². The van der Waals surface area contributed by atoms with E-state index in [4.69, 9.17) is 0 Å². The number of hydrogen-bond donors (Lipinski definition) is 1. The average molecular weight is 264 g/mol. The fourth-order valence-electron chi connectivity index (χ4n) is 2.45. The zero-order chi connectivity index (χ0) is 14.0. The first-order chi connectivity index (χ1) is 9.04. The minimum Gasteiger partial charge on any atom is -0.345 e.